The van der Waals surface area contributed by atoms with E-state index < -0.39 is 23.3 Å². The van der Waals surface area contributed by atoms with Crippen molar-refractivity contribution in [1.29, 1.82) is 0 Å². The van der Waals surface area contributed by atoms with Gasteiger partial charge in [0.15, 0.2) is 0 Å². The lowest BCUT2D eigenvalue weighted by Crippen LogP contribution is -2.26. The van der Waals surface area contributed by atoms with Crippen LogP contribution >= 0.6 is 0 Å². The number of aromatic amines is 2. The van der Waals surface area contributed by atoms with Gasteiger partial charge in [-0.25, -0.2) is 9.89 Å². The van der Waals surface area contributed by atoms with E-state index in [9.17, 15) is 22.8 Å². The Morgan fingerprint density at radius 1 is 1.38 bits per heavy atom. The molecule has 130 valence electrons. The second-order valence-corrected chi connectivity index (χ2v) is 5.19. The molecule has 1 amide bonds. The highest BCUT2D eigenvalue weighted by atomic mass is 19.4. The summed E-state index contributed by atoms with van der Waals surface area (Å²) >= 11 is 0. The lowest BCUT2D eigenvalue weighted by molar-refractivity contribution is -0.138. The zero-order valence-corrected chi connectivity index (χ0v) is 12.8. The van der Waals surface area contributed by atoms with Crippen molar-refractivity contribution < 1.29 is 22.7 Å². The molecule has 0 unspecified atom stereocenters. The van der Waals surface area contributed by atoms with Crippen LogP contribution in [0.1, 0.15) is 35.6 Å². The van der Waals surface area contributed by atoms with Crippen molar-refractivity contribution in [2.75, 3.05) is 0 Å². The number of benzene rings is 1. The Morgan fingerprint density at radius 2 is 2.08 bits per heavy atom. The fourth-order valence-electron chi connectivity index (χ4n) is 1.96. The molecule has 7 nitrogen and oxygen atoms in total. The Labute approximate surface area is 134 Å². The first-order valence-corrected chi connectivity index (χ1v) is 6.96. The maximum atomic E-state index is 13.2. The zero-order chi connectivity index (χ0) is 17.9. The van der Waals surface area contributed by atoms with E-state index in [1.807, 2.05) is 5.10 Å². The molecule has 2 aromatic rings. The number of H-pyrrole nitrogens is 2. The first-order valence-electron chi connectivity index (χ1n) is 6.96. The summed E-state index contributed by atoms with van der Waals surface area (Å²) in [7, 11) is 0. The van der Waals surface area contributed by atoms with Crippen LogP contribution in [0.4, 0.5) is 13.2 Å². The highest BCUT2D eigenvalue weighted by Gasteiger charge is 2.34. The summed E-state index contributed by atoms with van der Waals surface area (Å²) in [6.45, 7) is 3.02. The Kier molecular flexibility index (Phi) is 4.96. The van der Waals surface area contributed by atoms with Crippen LogP contribution in [0.15, 0.2) is 23.0 Å². The van der Waals surface area contributed by atoms with Gasteiger partial charge < -0.3 is 10.1 Å². The van der Waals surface area contributed by atoms with Crippen LogP contribution in [0.5, 0.6) is 5.75 Å². The number of hydrogen-bond donors (Lipinski definition) is 3. The minimum absolute atomic E-state index is 0.0871. The average Bonchev–Trinajstić information content (AvgIpc) is 2.90. The number of nitrogens with one attached hydrogen (secondary N) is 3. The van der Waals surface area contributed by atoms with Crippen molar-refractivity contribution in [2.24, 2.45) is 0 Å². The fourth-order valence-corrected chi connectivity index (χ4v) is 1.96. The Hall–Kier alpha value is -2.78. The summed E-state index contributed by atoms with van der Waals surface area (Å²) in [5.41, 5.74) is -1.73. The van der Waals surface area contributed by atoms with Crippen molar-refractivity contribution in [2.45, 2.75) is 32.7 Å². The first-order chi connectivity index (χ1) is 11.2. The summed E-state index contributed by atoms with van der Waals surface area (Å²) in [6, 6.07) is 3.51. The van der Waals surface area contributed by atoms with Gasteiger partial charge in [0.1, 0.15) is 5.75 Å². The van der Waals surface area contributed by atoms with Gasteiger partial charge in [0.2, 0.25) is 5.82 Å². The summed E-state index contributed by atoms with van der Waals surface area (Å²) < 4.78 is 44.8. The largest absolute Gasteiger partial charge is 0.491 e. The second kappa shape index (κ2) is 6.77. The highest BCUT2D eigenvalue weighted by Crippen LogP contribution is 2.34. The van der Waals surface area contributed by atoms with Gasteiger partial charge in [-0.1, -0.05) is 6.07 Å². The minimum atomic E-state index is -4.60. The van der Waals surface area contributed by atoms with E-state index in [2.05, 4.69) is 15.4 Å². The molecule has 1 aromatic carbocycles. The quantitative estimate of drug-likeness (QED) is 0.770. The molecule has 2 rings (SSSR count). The Bertz CT molecular complexity index is 780. The molecule has 0 saturated carbocycles. The molecule has 0 aliphatic heterocycles. The van der Waals surface area contributed by atoms with Gasteiger partial charge in [0.25, 0.3) is 5.91 Å². The van der Waals surface area contributed by atoms with Crippen LogP contribution in [0.25, 0.3) is 0 Å². The molecule has 0 saturated heterocycles. The van der Waals surface area contributed by atoms with Crippen molar-refractivity contribution in [3.05, 3.63) is 45.6 Å². The number of ether oxygens (including phenoxy) is 1. The Morgan fingerprint density at radius 3 is 2.62 bits per heavy atom. The maximum absolute atomic E-state index is 13.2. The van der Waals surface area contributed by atoms with E-state index in [-0.39, 0.29) is 29.8 Å². The number of hydrogen-bond acceptors (Lipinski definition) is 4. The average molecular weight is 344 g/mol. The van der Waals surface area contributed by atoms with E-state index in [4.69, 9.17) is 4.74 Å². The van der Waals surface area contributed by atoms with E-state index in [0.717, 1.165) is 6.07 Å². The monoisotopic (exact) mass is 344 g/mol. The highest BCUT2D eigenvalue weighted by molar-refractivity contribution is 5.90. The molecule has 10 heteroatoms. The molecule has 0 atom stereocenters. The molecule has 24 heavy (non-hydrogen) atoms. The molecule has 0 spiro atoms. The topological polar surface area (TPSA) is 99.9 Å². The minimum Gasteiger partial charge on any atom is -0.491 e. The number of rotatable bonds is 5. The maximum Gasteiger partial charge on any atom is 0.416 e. The summed E-state index contributed by atoms with van der Waals surface area (Å²) in [5, 5.41) is 7.66. The van der Waals surface area contributed by atoms with Crippen molar-refractivity contribution in [3.8, 4) is 5.75 Å². The number of aromatic nitrogens is 3. The molecule has 1 heterocycles. The number of alkyl halides is 3. The predicted molar refractivity (Wildman–Crippen MR) is 77.6 cm³/mol. The number of halogens is 3. The normalized spacial score (nSPS) is 11.6. The third kappa shape index (κ3) is 4.37. The second-order valence-electron chi connectivity index (χ2n) is 5.19. The van der Waals surface area contributed by atoms with E-state index in [1.54, 1.807) is 13.8 Å². The van der Waals surface area contributed by atoms with Crippen LogP contribution in [0, 0.1) is 0 Å². The standard InChI is InChI=1S/C14H15F3N4O3/c1-7(2)24-9-4-3-8(10(5-9)14(15,16)17)6-18-12(22)11-19-13(23)21-20-11/h3-5,7H,6H2,1-2H3,(H,18,22)(H2,19,20,21,23). The molecular weight excluding hydrogens is 329 g/mol. The van der Waals surface area contributed by atoms with E-state index >= 15 is 0 Å². The van der Waals surface area contributed by atoms with Crippen molar-refractivity contribution in [1.82, 2.24) is 20.5 Å². The van der Waals surface area contributed by atoms with Gasteiger partial charge >= 0.3 is 11.9 Å². The van der Waals surface area contributed by atoms with Crippen LogP contribution in [-0.2, 0) is 12.7 Å². The zero-order valence-electron chi connectivity index (χ0n) is 12.8. The summed E-state index contributed by atoms with van der Waals surface area (Å²) in [4.78, 5) is 24.7. The molecule has 0 aliphatic carbocycles. The lowest BCUT2D eigenvalue weighted by Gasteiger charge is -2.16. The molecule has 0 radical (unpaired) electrons. The predicted octanol–water partition coefficient (Wildman–Crippen LogP) is 1.83. The van der Waals surface area contributed by atoms with Crippen molar-refractivity contribution >= 4 is 5.91 Å². The molecule has 0 bridgehead atoms. The van der Waals surface area contributed by atoms with Gasteiger partial charge in [-0.15, -0.1) is 5.10 Å². The molecule has 0 aliphatic rings. The fraction of sp³-hybridized carbons (Fsp3) is 0.357. The Balaban J connectivity index is 2.19. The summed E-state index contributed by atoms with van der Waals surface area (Å²) in [6.07, 6.45) is -4.87. The van der Waals surface area contributed by atoms with E-state index in [1.165, 1.54) is 12.1 Å². The number of nitrogens with zero attached hydrogens (tertiary/aromatic N) is 1. The number of amides is 1. The third-order valence-electron chi connectivity index (χ3n) is 2.91. The van der Waals surface area contributed by atoms with Crippen LogP contribution in [0.3, 0.4) is 0 Å². The SMILES string of the molecule is CC(C)Oc1ccc(CNC(=O)c2n[nH]c(=O)[nH]2)c(C(F)(F)F)c1. The molecule has 3 N–H and O–H groups in total. The van der Waals surface area contributed by atoms with Crippen LogP contribution in [0.2, 0.25) is 0 Å². The first kappa shape index (κ1) is 17.6. The van der Waals surface area contributed by atoms with Gasteiger partial charge in [0.05, 0.1) is 11.7 Å². The molecule has 1 aromatic heterocycles. The van der Waals surface area contributed by atoms with Gasteiger partial charge in [-0.05, 0) is 31.5 Å². The van der Waals surface area contributed by atoms with Crippen molar-refractivity contribution in [3.63, 3.8) is 0 Å². The molecule has 0 fully saturated rings. The van der Waals surface area contributed by atoms with Gasteiger partial charge in [-0.3, -0.25) is 9.78 Å². The van der Waals surface area contributed by atoms with Gasteiger partial charge in [-0.2, -0.15) is 13.2 Å². The third-order valence-corrected chi connectivity index (χ3v) is 2.91. The smallest absolute Gasteiger partial charge is 0.416 e. The van der Waals surface area contributed by atoms with E-state index in [0.29, 0.717) is 0 Å². The lowest BCUT2D eigenvalue weighted by atomic mass is 10.1. The van der Waals surface area contributed by atoms with Crippen LogP contribution in [-0.4, -0.2) is 27.2 Å². The molecular formula is C14H15F3N4O3. The number of carbonyl (C=O) groups is 1. The van der Waals surface area contributed by atoms with Crippen LogP contribution < -0.4 is 15.7 Å². The number of carbonyl (C=O) groups excluding carboxylic acids is 1. The van der Waals surface area contributed by atoms with Gasteiger partial charge in [0, 0.05) is 6.54 Å². The summed E-state index contributed by atoms with van der Waals surface area (Å²) in [5.74, 6) is -1.03.